The highest BCUT2D eigenvalue weighted by molar-refractivity contribution is 5.29. The van der Waals surface area contributed by atoms with E-state index in [1.54, 1.807) is 0 Å². The number of fused-ring (bicyclic) bond motifs is 5. The van der Waals surface area contributed by atoms with Gasteiger partial charge in [0.2, 0.25) is 0 Å². The van der Waals surface area contributed by atoms with Crippen molar-refractivity contribution in [2.45, 2.75) is 71.0 Å². The zero-order valence-electron chi connectivity index (χ0n) is 15.5. The molecular weight excluding hydrogens is 300 g/mol. The molecule has 0 amide bonds. The van der Waals surface area contributed by atoms with Crippen molar-refractivity contribution in [2.24, 2.45) is 34.5 Å². The first-order chi connectivity index (χ1) is 11.4. The summed E-state index contributed by atoms with van der Waals surface area (Å²) in [5.74, 6) is 2.56. The van der Waals surface area contributed by atoms with E-state index in [1.165, 1.54) is 24.8 Å². The fraction of sp³-hybridized carbons (Fsp3) is 0.905. The van der Waals surface area contributed by atoms with Gasteiger partial charge in [-0.05, 0) is 74.0 Å². The topological polar surface area (TPSA) is 49.7 Å². The van der Waals surface area contributed by atoms with Gasteiger partial charge < -0.3 is 14.9 Å². The van der Waals surface area contributed by atoms with Crippen LogP contribution in [0.4, 0.5) is 0 Å². The monoisotopic (exact) mass is 334 g/mol. The van der Waals surface area contributed by atoms with Crippen molar-refractivity contribution in [3.05, 3.63) is 11.6 Å². The average molecular weight is 335 g/mol. The number of methoxy groups -OCH3 is 1. The van der Waals surface area contributed by atoms with Crippen LogP contribution in [0.1, 0.15) is 58.8 Å². The lowest BCUT2D eigenvalue weighted by molar-refractivity contribution is -0.106. The summed E-state index contributed by atoms with van der Waals surface area (Å²) in [6.45, 7) is 5.49. The van der Waals surface area contributed by atoms with Crippen molar-refractivity contribution in [1.82, 2.24) is 0 Å². The van der Waals surface area contributed by atoms with Gasteiger partial charge in [-0.25, -0.2) is 0 Å². The Morgan fingerprint density at radius 3 is 2.67 bits per heavy atom. The molecule has 2 N–H and O–H groups in total. The summed E-state index contributed by atoms with van der Waals surface area (Å²) in [4.78, 5) is 0. The molecule has 0 aliphatic heterocycles. The molecule has 0 saturated heterocycles. The molecule has 4 rings (SSSR count). The van der Waals surface area contributed by atoms with Crippen molar-refractivity contribution in [3.8, 4) is 0 Å². The fourth-order valence-electron chi connectivity index (χ4n) is 7.39. The summed E-state index contributed by atoms with van der Waals surface area (Å²) in [5, 5.41) is 20.8. The van der Waals surface area contributed by atoms with Crippen LogP contribution in [-0.4, -0.2) is 36.1 Å². The minimum atomic E-state index is -0.272. The third-order valence-electron chi connectivity index (χ3n) is 8.49. The molecule has 4 aliphatic rings. The van der Waals surface area contributed by atoms with E-state index in [9.17, 15) is 10.2 Å². The van der Waals surface area contributed by atoms with Crippen LogP contribution in [0.25, 0.3) is 0 Å². The fourth-order valence-corrected chi connectivity index (χ4v) is 7.39. The predicted molar refractivity (Wildman–Crippen MR) is 94.5 cm³/mol. The SMILES string of the molecule is COC[C@]12CCC(O)C=C1C(C)C[C@@H]1[C@H]2CC[C@]2(C)C(O)CC[C@@H]12. The lowest BCUT2D eigenvalue weighted by atomic mass is 9.45. The molecule has 3 unspecified atom stereocenters. The Hall–Kier alpha value is -0.380. The molecule has 3 saturated carbocycles. The van der Waals surface area contributed by atoms with Crippen LogP contribution in [0, 0.1) is 34.5 Å². The molecule has 3 fully saturated rings. The molecule has 3 nitrogen and oxygen atoms in total. The number of hydrogen-bond donors (Lipinski definition) is 2. The highest BCUT2D eigenvalue weighted by Gasteiger charge is 2.61. The standard InChI is InChI=1S/C21H34O3/c1-13-10-15-16-4-5-19(23)20(16,2)8-7-17(15)21(12-24-3)9-6-14(22)11-18(13)21/h11,13-17,19,22-23H,4-10,12H2,1-3H3/t13?,14?,15-,16-,17+,19?,20-,21-/m0/s1. The van der Waals surface area contributed by atoms with Gasteiger partial charge in [-0.3, -0.25) is 0 Å². The largest absolute Gasteiger partial charge is 0.393 e. The van der Waals surface area contributed by atoms with Crippen molar-refractivity contribution in [2.75, 3.05) is 13.7 Å². The zero-order chi connectivity index (χ0) is 17.1. The van der Waals surface area contributed by atoms with E-state index >= 15 is 0 Å². The Bertz CT molecular complexity index is 529. The van der Waals surface area contributed by atoms with Crippen molar-refractivity contribution in [3.63, 3.8) is 0 Å². The first-order valence-electron chi connectivity index (χ1n) is 9.99. The van der Waals surface area contributed by atoms with Gasteiger partial charge >= 0.3 is 0 Å². The maximum absolute atomic E-state index is 10.6. The molecule has 8 atom stereocenters. The minimum absolute atomic E-state index is 0.109. The lowest BCUT2D eigenvalue weighted by Crippen LogP contribution is -2.55. The number of aliphatic hydroxyl groups is 2. The number of ether oxygens (including phenoxy) is 1. The van der Waals surface area contributed by atoms with E-state index in [2.05, 4.69) is 19.9 Å². The van der Waals surface area contributed by atoms with E-state index in [0.717, 1.165) is 32.3 Å². The van der Waals surface area contributed by atoms with E-state index < -0.39 is 0 Å². The number of aliphatic hydroxyl groups excluding tert-OH is 2. The highest BCUT2D eigenvalue weighted by atomic mass is 16.5. The molecule has 4 aliphatic carbocycles. The summed E-state index contributed by atoms with van der Waals surface area (Å²) >= 11 is 0. The van der Waals surface area contributed by atoms with Crippen LogP contribution >= 0.6 is 0 Å². The Balaban J connectivity index is 1.74. The first-order valence-corrected chi connectivity index (χ1v) is 9.99. The molecule has 0 aromatic rings. The maximum atomic E-state index is 10.6. The molecule has 0 aromatic carbocycles. The number of hydrogen-bond acceptors (Lipinski definition) is 3. The second kappa shape index (κ2) is 5.82. The molecule has 0 aromatic heterocycles. The predicted octanol–water partition coefficient (Wildman–Crippen LogP) is 3.54. The van der Waals surface area contributed by atoms with Crippen LogP contribution in [-0.2, 0) is 4.74 Å². The third-order valence-corrected chi connectivity index (χ3v) is 8.49. The normalized spacial score (nSPS) is 53.8. The Labute approximate surface area is 146 Å². The van der Waals surface area contributed by atoms with Gasteiger partial charge in [0.05, 0.1) is 18.8 Å². The van der Waals surface area contributed by atoms with Crippen LogP contribution in [0.2, 0.25) is 0 Å². The van der Waals surface area contributed by atoms with Crippen molar-refractivity contribution >= 4 is 0 Å². The summed E-state index contributed by atoms with van der Waals surface area (Å²) in [6, 6.07) is 0. The zero-order valence-corrected chi connectivity index (χ0v) is 15.5. The van der Waals surface area contributed by atoms with Gasteiger partial charge in [0.1, 0.15) is 0 Å². The summed E-state index contributed by atoms with van der Waals surface area (Å²) < 4.78 is 5.76. The van der Waals surface area contributed by atoms with Gasteiger partial charge in [0.15, 0.2) is 0 Å². The minimum Gasteiger partial charge on any atom is -0.393 e. The van der Waals surface area contributed by atoms with Crippen molar-refractivity contribution in [1.29, 1.82) is 0 Å². The van der Waals surface area contributed by atoms with E-state index in [0.29, 0.717) is 23.7 Å². The maximum Gasteiger partial charge on any atom is 0.0724 e. The Morgan fingerprint density at radius 1 is 1.12 bits per heavy atom. The quantitative estimate of drug-likeness (QED) is 0.759. The molecule has 24 heavy (non-hydrogen) atoms. The Morgan fingerprint density at radius 2 is 1.92 bits per heavy atom. The molecular formula is C21H34O3. The van der Waals surface area contributed by atoms with Gasteiger partial charge in [0.25, 0.3) is 0 Å². The molecule has 0 heterocycles. The van der Waals surface area contributed by atoms with E-state index in [1.807, 2.05) is 7.11 Å². The highest BCUT2D eigenvalue weighted by Crippen LogP contribution is 2.66. The Kier molecular flexibility index (Phi) is 4.14. The van der Waals surface area contributed by atoms with Gasteiger partial charge in [-0.2, -0.15) is 0 Å². The third kappa shape index (κ3) is 2.20. The second-order valence-electron chi connectivity index (χ2n) is 9.47. The van der Waals surface area contributed by atoms with Gasteiger partial charge in [-0.1, -0.05) is 25.5 Å². The molecule has 0 spiro atoms. The van der Waals surface area contributed by atoms with Gasteiger partial charge in [-0.15, -0.1) is 0 Å². The molecule has 3 heteroatoms. The lowest BCUT2D eigenvalue weighted by Gasteiger charge is -2.60. The summed E-state index contributed by atoms with van der Waals surface area (Å²) in [6.07, 6.45) is 9.47. The van der Waals surface area contributed by atoms with Crippen LogP contribution in [0.3, 0.4) is 0 Å². The smallest absolute Gasteiger partial charge is 0.0724 e. The second-order valence-corrected chi connectivity index (χ2v) is 9.47. The average Bonchev–Trinajstić information content (AvgIpc) is 2.85. The van der Waals surface area contributed by atoms with Crippen LogP contribution in [0.15, 0.2) is 11.6 Å². The number of rotatable bonds is 2. The van der Waals surface area contributed by atoms with E-state index in [-0.39, 0.29) is 23.0 Å². The van der Waals surface area contributed by atoms with E-state index in [4.69, 9.17) is 4.74 Å². The van der Waals surface area contributed by atoms with Crippen LogP contribution in [0.5, 0.6) is 0 Å². The summed E-state index contributed by atoms with van der Waals surface area (Å²) in [7, 11) is 1.83. The van der Waals surface area contributed by atoms with Crippen LogP contribution < -0.4 is 0 Å². The molecule has 0 bridgehead atoms. The molecule has 0 radical (unpaired) electrons. The first kappa shape index (κ1) is 17.1. The van der Waals surface area contributed by atoms with Gasteiger partial charge in [0, 0.05) is 12.5 Å². The molecule has 136 valence electrons. The van der Waals surface area contributed by atoms with Crippen molar-refractivity contribution < 1.29 is 14.9 Å². The summed E-state index contributed by atoms with van der Waals surface area (Å²) in [5.41, 5.74) is 1.74.